The van der Waals surface area contributed by atoms with Gasteiger partial charge in [0.15, 0.2) is 0 Å². The predicted octanol–water partition coefficient (Wildman–Crippen LogP) is 3.08. The Labute approximate surface area is 90.7 Å². The van der Waals surface area contributed by atoms with Gasteiger partial charge in [-0.2, -0.15) is 0 Å². The summed E-state index contributed by atoms with van der Waals surface area (Å²) in [5.74, 6) is -0.734. The molecule has 0 fully saturated rings. The molecule has 1 aromatic heterocycles. The lowest BCUT2D eigenvalue weighted by molar-refractivity contribution is -0.141. The summed E-state index contributed by atoms with van der Waals surface area (Å²) in [6, 6.07) is 3.33. The van der Waals surface area contributed by atoms with Crippen molar-refractivity contribution in [2.75, 3.05) is 0 Å². The summed E-state index contributed by atoms with van der Waals surface area (Å²) < 4.78 is 1.77. The van der Waals surface area contributed by atoms with Crippen molar-refractivity contribution in [1.82, 2.24) is 4.57 Å². The highest BCUT2D eigenvalue weighted by Gasteiger charge is 2.17. The molecule has 0 amide bonds. The molecular weight excluding hydrogens is 190 g/mol. The minimum atomic E-state index is -0.734. The highest BCUT2D eigenvalue weighted by molar-refractivity contribution is 5.71. The van der Waals surface area contributed by atoms with Crippen LogP contribution in [0.5, 0.6) is 0 Å². The average Bonchev–Trinajstić information content (AvgIpc) is 2.70. The molecule has 1 heterocycles. The predicted molar refractivity (Wildman–Crippen MR) is 59.9 cm³/mol. The van der Waals surface area contributed by atoms with Crippen LogP contribution in [0.15, 0.2) is 24.5 Å². The van der Waals surface area contributed by atoms with Crippen molar-refractivity contribution < 1.29 is 9.90 Å². The van der Waals surface area contributed by atoms with Gasteiger partial charge in [-0.05, 0) is 18.6 Å². The second-order valence-corrected chi connectivity index (χ2v) is 3.83. The average molecular weight is 209 g/mol. The second-order valence-electron chi connectivity index (χ2n) is 3.83. The number of aromatic nitrogens is 1. The van der Waals surface area contributed by atoms with Crippen LogP contribution >= 0.6 is 0 Å². The molecule has 1 aromatic rings. The molecule has 0 aliphatic carbocycles. The summed E-state index contributed by atoms with van der Waals surface area (Å²) in [6.07, 6.45) is 8.85. The molecule has 1 atom stereocenters. The first-order valence-electron chi connectivity index (χ1n) is 5.61. The van der Waals surface area contributed by atoms with E-state index in [9.17, 15) is 4.79 Å². The number of carboxylic acid groups (broad SMARTS) is 1. The fourth-order valence-corrected chi connectivity index (χ4v) is 1.72. The topological polar surface area (TPSA) is 42.2 Å². The lowest BCUT2D eigenvalue weighted by atomic mass is 10.1. The number of carboxylic acids is 1. The van der Waals surface area contributed by atoms with Gasteiger partial charge in [-0.15, -0.1) is 0 Å². The Bertz CT molecular complexity index is 280. The number of rotatable bonds is 7. The van der Waals surface area contributed by atoms with E-state index in [1.165, 1.54) is 12.8 Å². The number of aliphatic carboxylic acids is 1. The van der Waals surface area contributed by atoms with E-state index >= 15 is 0 Å². The smallest absolute Gasteiger partial charge is 0.326 e. The highest BCUT2D eigenvalue weighted by Crippen LogP contribution is 2.16. The summed E-state index contributed by atoms with van der Waals surface area (Å²) in [4.78, 5) is 11.0. The van der Waals surface area contributed by atoms with Crippen molar-refractivity contribution in [2.45, 2.75) is 45.1 Å². The maximum atomic E-state index is 11.0. The molecule has 15 heavy (non-hydrogen) atoms. The van der Waals surface area contributed by atoms with E-state index in [-0.39, 0.29) is 0 Å². The van der Waals surface area contributed by atoms with Crippen LogP contribution in [0.1, 0.15) is 45.1 Å². The van der Waals surface area contributed by atoms with Gasteiger partial charge >= 0.3 is 5.97 Å². The fourth-order valence-electron chi connectivity index (χ4n) is 1.72. The molecule has 0 saturated carbocycles. The Hall–Kier alpha value is -1.25. The number of hydrogen-bond donors (Lipinski definition) is 1. The Morgan fingerprint density at radius 2 is 1.93 bits per heavy atom. The molecule has 3 nitrogen and oxygen atoms in total. The monoisotopic (exact) mass is 209 g/mol. The van der Waals surface area contributed by atoms with E-state index in [1.807, 2.05) is 24.5 Å². The Morgan fingerprint density at radius 3 is 2.47 bits per heavy atom. The number of unbranched alkanes of at least 4 members (excludes halogenated alkanes) is 3. The summed E-state index contributed by atoms with van der Waals surface area (Å²) in [5, 5.41) is 9.08. The largest absolute Gasteiger partial charge is 0.480 e. The minimum Gasteiger partial charge on any atom is -0.480 e. The summed E-state index contributed by atoms with van der Waals surface area (Å²) >= 11 is 0. The van der Waals surface area contributed by atoms with Crippen LogP contribution in [0.2, 0.25) is 0 Å². The normalized spacial score (nSPS) is 12.6. The molecule has 1 unspecified atom stereocenters. The molecule has 0 aliphatic rings. The molecule has 1 rings (SSSR count). The van der Waals surface area contributed by atoms with Crippen molar-refractivity contribution >= 4 is 5.97 Å². The quantitative estimate of drug-likeness (QED) is 0.701. The zero-order chi connectivity index (χ0) is 11.1. The third-order valence-electron chi connectivity index (χ3n) is 2.60. The van der Waals surface area contributed by atoms with Crippen LogP contribution in [0.25, 0.3) is 0 Å². The van der Waals surface area contributed by atoms with Crippen LogP contribution in [-0.2, 0) is 4.79 Å². The number of nitrogens with zero attached hydrogens (tertiary/aromatic N) is 1. The van der Waals surface area contributed by atoms with E-state index in [1.54, 1.807) is 4.57 Å². The van der Waals surface area contributed by atoms with Gasteiger partial charge in [0.05, 0.1) is 0 Å². The molecule has 0 aromatic carbocycles. The van der Waals surface area contributed by atoms with Crippen LogP contribution < -0.4 is 0 Å². The standard InChI is InChI=1S/C12H19NO2/c1-2-3-4-5-8-11(12(14)15)13-9-6-7-10-13/h6-7,9-11H,2-5,8H2,1H3,(H,14,15). The number of carbonyl (C=O) groups is 1. The van der Waals surface area contributed by atoms with Gasteiger partial charge in [0.1, 0.15) is 6.04 Å². The Kier molecular flexibility index (Phi) is 4.95. The molecule has 1 N–H and O–H groups in total. The van der Waals surface area contributed by atoms with Crippen LogP contribution in [0, 0.1) is 0 Å². The maximum absolute atomic E-state index is 11.0. The van der Waals surface area contributed by atoms with Crippen LogP contribution in [0.3, 0.4) is 0 Å². The van der Waals surface area contributed by atoms with Gasteiger partial charge in [0.25, 0.3) is 0 Å². The van der Waals surface area contributed by atoms with E-state index in [0.717, 1.165) is 19.3 Å². The molecule has 0 saturated heterocycles. The first-order valence-corrected chi connectivity index (χ1v) is 5.61. The van der Waals surface area contributed by atoms with E-state index < -0.39 is 12.0 Å². The van der Waals surface area contributed by atoms with Gasteiger partial charge in [0.2, 0.25) is 0 Å². The van der Waals surface area contributed by atoms with Crippen molar-refractivity contribution in [3.05, 3.63) is 24.5 Å². The maximum Gasteiger partial charge on any atom is 0.326 e. The minimum absolute atomic E-state index is 0.392. The van der Waals surface area contributed by atoms with E-state index in [2.05, 4.69) is 6.92 Å². The van der Waals surface area contributed by atoms with E-state index in [4.69, 9.17) is 5.11 Å². The first kappa shape index (κ1) is 11.8. The number of hydrogen-bond acceptors (Lipinski definition) is 1. The molecule has 0 aliphatic heterocycles. The summed E-state index contributed by atoms with van der Waals surface area (Å²) in [7, 11) is 0. The van der Waals surface area contributed by atoms with Crippen LogP contribution in [0.4, 0.5) is 0 Å². The highest BCUT2D eigenvalue weighted by atomic mass is 16.4. The second kappa shape index (κ2) is 6.27. The lowest BCUT2D eigenvalue weighted by Gasteiger charge is -2.13. The molecule has 3 heteroatoms. The van der Waals surface area contributed by atoms with Crippen LogP contribution in [-0.4, -0.2) is 15.6 Å². The molecule has 0 radical (unpaired) electrons. The molecule has 0 bridgehead atoms. The zero-order valence-electron chi connectivity index (χ0n) is 9.22. The summed E-state index contributed by atoms with van der Waals surface area (Å²) in [6.45, 7) is 2.15. The van der Waals surface area contributed by atoms with Crippen molar-refractivity contribution in [1.29, 1.82) is 0 Å². The zero-order valence-corrected chi connectivity index (χ0v) is 9.22. The molecular formula is C12H19NO2. The summed E-state index contributed by atoms with van der Waals surface area (Å²) in [5.41, 5.74) is 0. The lowest BCUT2D eigenvalue weighted by Crippen LogP contribution is -2.17. The van der Waals surface area contributed by atoms with E-state index in [0.29, 0.717) is 0 Å². The SMILES string of the molecule is CCCCCCC(C(=O)O)n1cccc1. The van der Waals surface area contributed by atoms with Crippen molar-refractivity contribution in [3.8, 4) is 0 Å². The Morgan fingerprint density at radius 1 is 1.27 bits per heavy atom. The molecule has 84 valence electrons. The van der Waals surface area contributed by atoms with Gasteiger partial charge in [-0.3, -0.25) is 0 Å². The molecule has 0 spiro atoms. The van der Waals surface area contributed by atoms with Crippen molar-refractivity contribution in [3.63, 3.8) is 0 Å². The van der Waals surface area contributed by atoms with Gasteiger partial charge in [0, 0.05) is 12.4 Å². The fraction of sp³-hybridized carbons (Fsp3) is 0.583. The third-order valence-corrected chi connectivity index (χ3v) is 2.60. The third kappa shape index (κ3) is 3.78. The Balaban J connectivity index is 2.42. The van der Waals surface area contributed by atoms with Gasteiger partial charge in [-0.1, -0.05) is 32.6 Å². The first-order chi connectivity index (χ1) is 7.25. The van der Waals surface area contributed by atoms with Gasteiger partial charge in [-0.25, -0.2) is 4.79 Å². The van der Waals surface area contributed by atoms with Crippen molar-refractivity contribution in [2.24, 2.45) is 0 Å². The van der Waals surface area contributed by atoms with Gasteiger partial charge < -0.3 is 9.67 Å².